The van der Waals surface area contributed by atoms with Gasteiger partial charge >= 0.3 is 11.8 Å². The first-order valence-electron chi connectivity index (χ1n) is 7.69. The highest BCUT2D eigenvalue weighted by atomic mass is 35.5. The molecule has 0 aliphatic carbocycles. The molecule has 0 aliphatic heterocycles. The lowest BCUT2D eigenvalue weighted by Crippen LogP contribution is -2.36. The van der Waals surface area contributed by atoms with Gasteiger partial charge in [-0.1, -0.05) is 23.7 Å². The van der Waals surface area contributed by atoms with Crippen molar-refractivity contribution in [2.45, 2.75) is 6.42 Å². The van der Waals surface area contributed by atoms with Gasteiger partial charge in [-0.25, -0.2) is 4.39 Å². The van der Waals surface area contributed by atoms with Crippen LogP contribution >= 0.6 is 11.6 Å². The Morgan fingerprint density at radius 3 is 2.31 bits per heavy atom. The molecule has 0 spiro atoms. The smallest absolute Gasteiger partial charge is 0.313 e. The van der Waals surface area contributed by atoms with E-state index >= 15 is 0 Å². The summed E-state index contributed by atoms with van der Waals surface area (Å²) in [6.07, 6.45) is 0.470. The molecule has 0 aromatic heterocycles. The Kier molecular flexibility index (Phi) is 6.80. The van der Waals surface area contributed by atoms with Gasteiger partial charge < -0.3 is 20.1 Å². The first-order chi connectivity index (χ1) is 12.4. The van der Waals surface area contributed by atoms with Gasteiger partial charge in [0.15, 0.2) is 0 Å². The van der Waals surface area contributed by atoms with Crippen LogP contribution in [-0.2, 0) is 16.0 Å². The van der Waals surface area contributed by atoms with Crippen molar-refractivity contribution in [2.75, 3.05) is 26.1 Å². The molecule has 0 saturated carbocycles. The predicted molar refractivity (Wildman–Crippen MR) is 96.3 cm³/mol. The van der Waals surface area contributed by atoms with E-state index in [-0.39, 0.29) is 18.0 Å². The van der Waals surface area contributed by atoms with Crippen LogP contribution in [0.3, 0.4) is 0 Å². The first-order valence-corrected chi connectivity index (χ1v) is 8.07. The molecule has 0 radical (unpaired) electrons. The number of rotatable bonds is 6. The number of benzene rings is 2. The topological polar surface area (TPSA) is 76.7 Å². The molecule has 2 amide bonds. The number of halogens is 2. The van der Waals surface area contributed by atoms with Gasteiger partial charge in [-0.3, -0.25) is 9.59 Å². The SMILES string of the molecule is COc1cc(NC(=O)C(=O)NCCc2ccc(F)cc2)c(OC)cc1Cl. The molecule has 0 saturated heterocycles. The van der Waals surface area contributed by atoms with Gasteiger partial charge in [-0.2, -0.15) is 0 Å². The average molecular weight is 381 g/mol. The van der Waals surface area contributed by atoms with Gasteiger partial charge in [0.1, 0.15) is 17.3 Å². The van der Waals surface area contributed by atoms with Crippen LogP contribution in [-0.4, -0.2) is 32.6 Å². The maximum absolute atomic E-state index is 12.8. The number of carbonyl (C=O) groups excluding carboxylic acids is 2. The van der Waals surface area contributed by atoms with Crippen molar-refractivity contribution in [2.24, 2.45) is 0 Å². The standard InChI is InChI=1S/C18H18ClFN2O4/c1-25-15-10-14(16(26-2)9-13(15)19)22-18(24)17(23)21-8-7-11-3-5-12(20)6-4-11/h3-6,9-10H,7-8H2,1-2H3,(H,21,23)(H,22,24). The van der Waals surface area contributed by atoms with Crippen molar-refractivity contribution in [3.8, 4) is 11.5 Å². The fourth-order valence-corrected chi connectivity index (χ4v) is 2.42. The minimum absolute atomic E-state index is 0.235. The molecule has 0 unspecified atom stereocenters. The van der Waals surface area contributed by atoms with Crippen molar-refractivity contribution < 1.29 is 23.5 Å². The van der Waals surface area contributed by atoms with Crippen LogP contribution in [0, 0.1) is 5.82 Å². The lowest BCUT2D eigenvalue weighted by Gasteiger charge is -2.13. The van der Waals surface area contributed by atoms with Gasteiger partial charge in [-0.15, -0.1) is 0 Å². The summed E-state index contributed by atoms with van der Waals surface area (Å²) < 4.78 is 23.1. The highest BCUT2D eigenvalue weighted by Gasteiger charge is 2.17. The molecule has 6 nitrogen and oxygen atoms in total. The summed E-state index contributed by atoms with van der Waals surface area (Å²) in [5.41, 5.74) is 1.10. The number of methoxy groups -OCH3 is 2. The third kappa shape index (κ3) is 5.10. The Labute approximate surface area is 155 Å². The zero-order valence-electron chi connectivity index (χ0n) is 14.3. The molecule has 0 bridgehead atoms. The Morgan fingerprint density at radius 2 is 1.69 bits per heavy atom. The summed E-state index contributed by atoms with van der Waals surface area (Å²) in [5, 5.41) is 5.27. The van der Waals surface area contributed by atoms with Gasteiger partial charge in [0.05, 0.1) is 24.9 Å². The van der Waals surface area contributed by atoms with Crippen LogP contribution in [0.4, 0.5) is 10.1 Å². The fourth-order valence-electron chi connectivity index (χ4n) is 2.19. The normalized spacial score (nSPS) is 10.2. The lowest BCUT2D eigenvalue weighted by molar-refractivity contribution is -0.136. The van der Waals surface area contributed by atoms with E-state index in [9.17, 15) is 14.0 Å². The molecular weight excluding hydrogens is 363 g/mol. The number of hydrogen-bond acceptors (Lipinski definition) is 4. The Morgan fingerprint density at radius 1 is 1.04 bits per heavy atom. The maximum atomic E-state index is 12.8. The van der Waals surface area contributed by atoms with E-state index in [1.807, 2.05) is 0 Å². The largest absolute Gasteiger partial charge is 0.495 e. The van der Waals surface area contributed by atoms with E-state index in [4.69, 9.17) is 21.1 Å². The second-order valence-electron chi connectivity index (χ2n) is 5.27. The molecule has 0 aliphatic rings. The number of carbonyl (C=O) groups is 2. The van der Waals surface area contributed by atoms with Crippen molar-refractivity contribution >= 4 is 29.1 Å². The summed E-state index contributed by atoms with van der Waals surface area (Å²) >= 11 is 6.00. The van der Waals surface area contributed by atoms with E-state index in [0.717, 1.165) is 5.56 Å². The Balaban J connectivity index is 1.94. The van der Waals surface area contributed by atoms with E-state index in [1.54, 1.807) is 12.1 Å². The number of hydrogen-bond donors (Lipinski definition) is 2. The van der Waals surface area contributed by atoms with Crippen LogP contribution in [0.15, 0.2) is 36.4 Å². The fraction of sp³-hybridized carbons (Fsp3) is 0.222. The van der Waals surface area contributed by atoms with Crippen molar-refractivity contribution in [3.63, 3.8) is 0 Å². The number of nitrogens with one attached hydrogen (secondary N) is 2. The average Bonchev–Trinajstić information content (AvgIpc) is 2.64. The van der Waals surface area contributed by atoms with Crippen LogP contribution in [0.25, 0.3) is 0 Å². The molecule has 0 fully saturated rings. The minimum Gasteiger partial charge on any atom is -0.495 e. The Bertz CT molecular complexity index is 797. The van der Waals surface area contributed by atoms with Gasteiger partial charge in [-0.05, 0) is 24.1 Å². The summed E-state index contributed by atoms with van der Waals surface area (Å²) in [5.74, 6) is -1.36. The summed E-state index contributed by atoms with van der Waals surface area (Å²) in [6, 6.07) is 8.85. The van der Waals surface area contributed by atoms with Gasteiger partial charge in [0, 0.05) is 18.7 Å². The van der Waals surface area contributed by atoms with E-state index in [2.05, 4.69) is 10.6 Å². The maximum Gasteiger partial charge on any atom is 0.313 e. The first kappa shape index (κ1) is 19.5. The molecule has 2 aromatic carbocycles. The monoisotopic (exact) mass is 380 g/mol. The van der Waals surface area contributed by atoms with Crippen molar-refractivity contribution in [3.05, 3.63) is 52.8 Å². The third-order valence-corrected chi connectivity index (χ3v) is 3.84. The molecule has 138 valence electrons. The lowest BCUT2D eigenvalue weighted by atomic mass is 10.1. The number of amides is 2. The van der Waals surface area contributed by atoms with E-state index in [0.29, 0.717) is 22.9 Å². The molecule has 2 N–H and O–H groups in total. The van der Waals surface area contributed by atoms with Crippen LogP contribution in [0.2, 0.25) is 5.02 Å². The van der Waals surface area contributed by atoms with Crippen molar-refractivity contribution in [1.29, 1.82) is 0 Å². The number of anilines is 1. The van der Waals surface area contributed by atoms with Crippen LogP contribution in [0.5, 0.6) is 11.5 Å². The molecule has 8 heteroatoms. The zero-order valence-corrected chi connectivity index (χ0v) is 15.0. The van der Waals surface area contributed by atoms with E-state index < -0.39 is 11.8 Å². The van der Waals surface area contributed by atoms with Gasteiger partial charge in [0.2, 0.25) is 0 Å². The highest BCUT2D eigenvalue weighted by molar-refractivity contribution is 6.40. The second kappa shape index (κ2) is 9.05. The summed E-state index contributed by atoms with van der Waals surface area (Å²) in [7, 11) is 2.85. The predicted octanol–water partition coefficient (Wildman–Crippen LogP) is 2.79. The highest BCUT2D eigenvalue weighted by Crippen LogP contribution is 2.35. The van der Waals surface area contributed by atoms with E-state index in [1.165, 1.54) is 38.5 Å². The molecule has 2 rings (SSSR count). The molecule has 2 aromatic rings. The molecule has 26 heavy (non-hydrogen) atoms. The molecule has 0 atom stereocenters. The third-order valence-electron chi connectivity index (χ3n) is 3.54. The van der Waals surface area contributed by atoms with Gasteiger partial charge in [0.25, 0.3) is 0 Å². The second-order valence-corrected chi connectivity index (χ2v) is 5.68. The number of ether oxygens (including phenoxy) is 2. The summed E-state index contributed by atoms with van der Waals surface area (Å²) in [6.45, 7) is 0.235. The van der Waals surface area contributed by atoms with Crippen LogP contribution in [0.1, 0.15) is 5.56 Å². The molecule has 0 heterocycles. The molecular formula is C18H18ClFN2O4. The quantitative estimate of drug-likeness (QED) is 0.755. The minimum atomic E-state index is -0.855. The summed E-state index contributed by atoms with van der Waals surface area (Å²) in [4.78, 5) is 24.0. The Hall–Kier alpha value is -2.80. The van der Waals surface area contributed by atoms with Crippen LogP contribution < -0.4 is 20.1 Å². The van der Waals surface area contributed by atoms with Crippen molar-refractivity contribution in [1.82, 2.24) is 5.32 Å². The zero-order chi connectivity index (χ0) is 19.1.